The van der Waals surface area contributed by atoms with Crippen LogP contribution in [0.25, 0.3) is 16.9 Å². The zero-order valence-corrected chi connectivity index (χ0v) is 15.1. The highest BCUT2D eigenvalue weighted by Crippen LogP contribution is 2.42. The number of halogens is 2. The number of hydrogen-bond acceptors (Lipinski definition) is 6. The van der Waals surface area contributed by atoms with Crippen LogP contribution in [0.2, 0.25) is 0 Å². The Balaban J connectivity index is 1.89. The molecule has 0 fully saturated rings. The summed E-state index contributed by atoms with van der Waals surface area (Å²) in [6.45, 7) is -1.25. The highest BCUT2D eigenvalue weighted by atomic mass is 32.2. The summed E-state index contributed by atoms with van der Waals surface area (Å²) in [5, 5.41) is 12.0. The molecule has 10 heteroatoms. The van der Waals surface area contributed by atoms with Gasteiger partial charge in [-0.25, -0.2) is 4.68 Å². The molecule has 0 radical (unpaired) electrons. The number of nitrogens with one attached hydrogen (secondary N) is 1. The van der Waals surface area contributed by atoms with Crippen LogP contribution in [0.4, 0.5) is 14.5 Å². The number of nitrogens with zero attached hydrogens (tertiary/aromatic N) is 4. The van der Waals surface area contributed by atoms with Crippen molar-refractivity contribution in [2.24, 2.45) is 5.73 Å². The summed E-state index contributed by atoms with van der Waals surface area (Å²) < 4.78 is 34.2. The number of thioether (sulfide) groups is 1. The van der Waals surface area contributed by atoms with Gasteiger partial charge in [-0.3, -0.25) is 4.68 Å². The second kappa shape index (κ2) is 7.57. The van der Waals surface area contributed by atoms with Crippen molar-refractivity contribution in [3.63, 3.8) is 0 Å². The Kier molecular flexibility index (Phi) is 4.99. The third-order valence-electron chi connectivity index (χ3n) is 4.08. The molecule has 142 valence electrons. The van der Waals surface area contributed by atoms with E-state index in [0.29, 0.717) is 30.0 Å². The lowest BCUT2D eigenvalue weighted by Gasteiger charge is -2.20. The summed E-state index contributed by atoms with van der Waals surface area (Å²) in [4.78, 5) is 0.970. The molecule has 1 aliphatic heterocycles. The third-order valence-corrected chi connectivity index (χ3v) is 5.14. The van der Waals surface area contributed by atoms with Gasteiger partial charge in [-0.15, -0.1) is 11.8 Å². The first-order valence-electron chi connectivity index (χ1n) is 8.43. The van der Waals surface area contributed by atoms with Crippen molar-refractivity contribution in [3.05, 3.63) is 36.8 Å². The van der Waals surface area contributed by atoms with Gasteiger partial charge in [-0.1, -0.05) is 0 Å². The Bertz CT molecular complexity index is 928. The van der Waals surface area contributed by atoms with E-state index in [1.165, 1.54) is 0 Å². The van der Waals surface area contributed by atoms with E-state index in [9.17, 15) is 8.78 Å². The van der Waals surface area contributed by atoms with E-state index in [2.05, 4.69) is 15.5 Å². The number of hydrogen-bond donors (Lipinski definition) is 2. The molecule has 1 aromatic carbocycles. The number of anilines is 1. The van der Waals surface area contributed by atoms with Crippen molar-refractivity contribution in [2.75, 3.05) is 24.2 Å². The highest BCUT2D eigenvalue weighted by Gasteiger charge is 2.23. The Labute approximate surface area is 158 Å². The van der Waals surface area contributed by atoms with Gasteiger partial charge in [-0.2, -0.15) is 19.0 Å². The fourth-order valence-electron chi connectivity index (χ4n) is 2.97. The molecule has 4 rings (SSSR count). The lowest BCUT2D eigenvalue weighted by Crippen LogP contribution is -2.12. The zero-order valence-electron chi connectivity index (χ0n) is 14.3. The van der Waals surface area contributed by atoms with Gasteiger partial charge in [0.15, 0.2) is 0 Å². The van der Waals surface area contributed by atoms with E-state index in [1.54, 1.807) is 51.8 Å². The number of ether oxygens (including phenoxy) is 1. The second-order valence-electron chi connectivity index (χ2n) is 5.86. The van der Waals surface area contributed by atoms with E-state index < -0.39 is 6.61 Å². The van der Waals surface area contributed by atoms with Crippen molar-refractivity contribution in [3.8, 4) is 22.7 Å². The Morgan fingerprint density at radius 2 is 2.26 bits per heavy atom. The van der Waals surface area contributed by atoms with Crippen LogP contribution in [0.1, 0.15) is 0 Å². The molecular formula is C17H18F2N6OS. The molecule has 2 aromatic heterocycles. The zero-order chi connectivity index (χ0) is 18.8. The van der Waals surface area contributed by atoms with Gasteiger partial charge < -0.3 is 15.8 Å². The minimum Gasteiger partial charge on any atom is -0.434 e. The smallest absolute Gasteiger partial charge is 0.387 e. The molecule has 27 heavy (non-hydrogen) atoms. The summed E-state index contributed by atoms with van der Waals surface area (Å²) in [5.74, 6) is 0.972. The predicted molar refractivity (Wildman–Crippen MR) is 99.7 cm³/mol. The maximum absolute atomic E-state index is 13.0. The standard InChI is InChI=1S/C17H18F2N6OS/c18-17(19)26-14-9-12-15(27-7-4-21-12)8-11(14)16-13(25-5-1-3-22-25)10-24(23-16)6-2-20/h1,3,5,8-10,17,21H,2,4,6-7,20H2. The van der Waals surface area contributed by atoms with Gasteiger partial charge in [-0.05, 0) is 12.1 Å². The summed E-state index contributed by atoms with van der Waals surface area (Å²) in [6, 6.07) is 5.23. The van der Waals surface area contributed by atoms with Crippen molar-refractivity contribution in [1.29, 1.82) is 0 Å². The summed E-state index contributed by atoms with van der Waals surface area (Å²) in [6.07, 6.45) is 5.22. The van der Waals surface area contributed by atoms with Gasteiger partial charge in [0.25, 0.3) is 0 Å². The van der Waals surface area contributed by atoms with Crippen LogP contribution < -0.4 is 15.8 Å². The summed E-state index contributed by atoms with van der Waals surface area (Å²) in [7, 11) is 0. The van der Waals surface area contributed by atoms with E-state index in [-0.39, 0.29) is 5.75 Å². The van der Waals surface area contributed by atoms with Crippen LogP contribution in [0.15, 0.2) is 41.7 Å². The SMILES string of the molecule is NCCn1cc(-n2cccn2)c(-c2cc3c(cc2OC(F)F)NCCS3)n1. The van der Waals surface area contributed by atoms with Gasteiger partial charge in [0.1, 0.15) is 17.1 Å². The van der Waals surface area contributed by atoms with Crippen LogP contribution in [0.3, 0.4) is 0 Å². The number of fused-ring (bicyclic) bond motifs is 1. The first kappa shape index (κ1) is 17.8. The molecule has 0 saturated heterocycles. The van der Waals surface area contributed by atoms with Crippen LogP contribution in [-0.4, -0.2) is 45.0 Å². The first-order chi connectivity index (χ1) is 13.2. The third kappa shape index (κ3) is 3.62. The molecular weight excluding hydrogens is 374 g/mol. The minimum absolute atomic E-state index is 0.0742. The lowest BCUT2D eigenvalue weighted by atomic mass is 10.1. The lowest BCUT2D eigenvalue weighted by molar-refractivity contribution is -0.0494. The van der Waals surface area contributed by atoms with E-state index in [0.717, 1.165) is 22.9 Å². The molecule has 0 bridgehead atoms. The van der Waals surface area contributed by atoms with Crippen LogP contribution >= 0.6 is 11.8 Å². The molecule has 0 atom stereocenters. The van der Waals surface area contributed by atoms with Gasteiger partial charge >= 0.3 is 6.61 Å². The van der Waals surface area contributed by atoms with Crippen LogP contribution in [0, 0.1) is 0 Å². The summed E-state index contributed by atoms with van der Waals surface area (Å²) >= 11 is 1.66. The molecule has 3 heterocycles. The molecule has 0 amide bonds. The number of alkyl halides is 2. The van der Waals surface area contributed by atoms with E-state index >= 15 is 0 Å². The normalized spacial score (nSPS) is 13.5. The van der Waals surface area contributed by atoms with Gasteiger partial charge in [0, 0.05) is 47.8 Å². The predicted octanol–water partition coefficient (Wildman–Crippen LogP) is 2.81. The Morgan fingerprint density at radius 1 is 1.37 bits per heavy atom. The fraction of sp³-hybridized carbons (Fsp3) is 0.294. The van der Waals surface area contributed by atoms with Crippen molar-refractivity contribution >= 4 is 17.4 Å². The van der Waals surface area contributed by atoms with E-state index in [4.69, 9.17) is 10.5 Å². The molecule has 1 aliphatic rings. The van der Waals surface area contributed by atoms with Crippen LogP contribution in [0.5, 0.6) is 5.75 Å². The Morgan fingerprint density at radius 3 is 3.00 bits per heavy atom. The quantitative estimate of drug-likeness (QED) is 0.671. The first-order valence-corrected chi connectivity index (χ1v) is 9.41. The number of nitrogens with two attached hydrogens (primary N) is 1. The molecule has 7 nitrogen and oxygen atoms in total. The molecule has 0 unspecified atom stereocenters. The van der Waals surface area contributed by atoms with Crippen molar-refractivity contribution in [1.82, 2.24) is 19.6 Å². The molecule has 0 spiro atoms. The molecule has 3 aromatic rings. The summed E-state index contributed by atoms with van der Waals surface area (Å²) in [5.41, 5.74) is 8.10. The topological polar surface area (TPSA) is 82.9 Å². The monoisotopic (exact) mass is 392 g/mol. The minimum atomic E-state index is -2.93. The van der Waals surface area contributed by atoms with Crippen molar-refractivity contribution < 1.29 is 13.5 Å². The average molecular weight is 392 g/mol. The van der Waals surface area contributed by atoms with Crippen LogP contribution in [-0.2, 0) is 6.54 Å². The average Bonchev–Trinajstić information content (AvgIpc) is 3.30. The maximum Gasteiger partial charge on any atom is 0.387 e. The van der Waals surface area contributed by atoms with Gasteiger partial charge in [0.2, 0.25) is 0 Å². The number of rotatable bonds is 6. The Hall–Kier alpha value is -2.59. The molecule has 0 saturated carbocycles. The largest absolute Gasteiger partial charge is 0.434 e. The fourth-order valence-corrected chi connectivity index (χ4v) is 3.88. The van der Waals surface area contributed by atoms with E-state index in [1.807, 2.05) is 6.07 Å². The maximum atomic E-state index is 13.0. The number of benzene rings is 1. The number of aromatic nitrogens is 4. The molecule has 3 N–H and O–H groups in total. The highest BCUT2D eigenvalue weighted by molar-refractivity contribution is 7.99. The second-order valence-corrected chi connectivity index (χ2v) is 7.00. The van der Waals surface area contributed by atoms with Gasteiger partial charge in [0.05, 0.1) is 18.4 Å². The van der Waals surface area contributed by atoms with Crippen molar-refractivity contribution in [2.45, 2.75) is 18.1 Å². The molecule has 0 aliphatic carbocycles.